The van der Waals surface area contributed by atoms with Crippen molar-refractivity contribution in [2.24, 2.45) is 0 Å². The number of hydrogen-bond donors (Lipinski definition) is 0. The molecule has 0 saturated heterocycles. The minimum absolute atomic E-state index is 0.283. The normalized spacial score (nSPS) is 10.4. The highest BCUT2D eigenvalue weighted by Crippen LogP contribution is 2.30. The Hall–Kier alpha value is -1.75. The number of rotatable bonds is 3. The minimum Gasteiger partial charge on any atom is -0.462 e. The van der Waals surface area contributed by atoms with Gasteiger partial charge in [0.15, 0.2) is 0 Å². The van der Waals surface area contributed by atoms with Crippen LogP contribution in [-0.4, -0.2) is 16.9 Å². The Morgan fingerprint density at radius 3 is 2.83 bits per heavy atom. The number of aromatic nitrogens is 1. The van der Waals surface area contributed by atoms with Crippen LogP contribution in [0.2, 0.25) is 0 Å². The molecule has 0 unspecified atom stereocenters. The Bertz CT molecular complexity index is 580. The summed E-state index contributed by atoms with van der Waals surface area (Å²) in [5.41, 5.74) is 1.03. The molecule has 0 bridgehead atoms. The summed E-state index contributed by atoms with van der Waals surface area (Å²) in [6.07, 6.45) is 0. The van der Waals surface area contributed by atoms with Crippen molar-refractivity contribution >= 4 is 17.5 Å². The van der Waals surface area contributed by atoms with E-state index >= 15 is 0 Å². The largest absolute Gasteiger partial charge is 0.462 e. The predicted molar refractivity (Wildman–Crippen MR) is 68.2 cm³/mol. The summed E-state index contributed by atoms with van der Waals surface area (Å²) in [6, 6.07) is 6.26. The summed E-state index contributed by atoms with van der Waals surface area (Å²) >= 11 is 1.17. The first kappa shape index (κ1) is 12.7. The Labute approximate surface area is 108 Å². The van der Waals surface area contributed by atoms with Crippen molar-refractivity contribution in [3.8, 4) is 11.3 Å². The van der Waals surface area contributed by atoms with E-state index in [1.807, 2.05) is 0 Å². The second kappa shape index (κ2) is 5.27. The molecule has 0 radical (unpaired) electrons. The monoisotopic (exact) mass is 265 g/mol. The van der Waals surface area contributed by atoms with Crippen molar-refractivity contribution in [2.75, 3.05) is 6.61 Å². The van der Waals surface area contributed by atoms with E-state index in [9.17, 15) is 9.18 Å². The zero-order chi connectivity index (χ0) is 13.1. The van der Waals surface area contributed by atoms with Gasteiger partial charge in [-0.1, -0.05) is 12.1 Å². The second-order valence-corrected chi connectivity index (χ2v) is 4.64. The lowest BCUT2D eigenvalue weighted by atomic mass is 10.1. The van der Waals surface area contributed by atoms with Gasteiger partial charge in [-0.05, 0) is 37.5 Å². The van der Waals surface area contributed by atoms with Crippen LogP contribution in [0.15, 0.2) is 24.3 Å². The fourth-order valence-corrected chi connectivity index (χ4v) is 2.34. The smallest absolute Gasteiger partial charge is 0.341 e. The lowest BCUT2D eigenvalue weighted by molar-refractivity contribution is 0.0527. The van der Waals surface area contributed by atoms with Crippen molar-refractivity contribution in [2.45, 2.75) is 13.8 Å². The number of aryl methyl sites for hydroxylation is 1. The molecular formula is C13H12FNO2S. The highest BCUT2D eigenvalue weighted by atomic mass is 32.1. The number of nitrogens with zero attached hydrogens (tertiary/aromatic N) is 1. The van der Waals surface area contributed by atoms with Gasteiger partial charge in [0.1, 0.15) is 17.1 Å². The molecule has 1 aromatic heterocycles. The van der Waals surface area contributed by atoms with Crippen LogP contribution in [0.25, 0.3) is 11.3 Å². The summed E-state index contributed by atoms with van der Waals surface area (Å²) in [4.78, 5) is 12.6. The van der Waals surface area contributed by atoms with Crippen LogP contribution in [0, 0.1) is 12.7 Å². The third-order valence-corrected chi connectivity index (χ3v) is 3.22. The number of hydrogen-bond acceptors (Lipinski definition) is 4. The molecule has 0 saturated carbocycles. The molecule has 18 heavy (non-hydrogen) atoms. The molecule has 0 fully saturated rings. The molecule has 2 aromatic rings. The predicted octanol–water partition coefficient (Wildman–Crippen LogP) is 3.43. The molecular weight excluding hydrogens is 253 g/mol. The Balaban J connectivity index is 2.53. The van der Waals surface area contributed by atoms with E-state index in [1.54, 1.807) is 32.0 Å². The lowest BCUT2D eigenvalue weighted by Gasteiger charge is -2.04. The second-order valence-electron chi connectivity index (χ2n) is 3.66. The third-order valence-electron chi connectivity index (χ3n) is 2.47. The maximum Gasteiger partial charge on any atom is 0.341 e. The number of benzene rings is 1. The molecule has 3 nitrogen and oxygen atoms in total. The minimum atomic E-state index is -0.456. The highest BCUT2D eigenvalue weighted by molar-refractivity contribution is 7.06. The summed E-state index contributed by atoms with van der Waals surface area (Å²) in [5, 5.41) is 0. The molecule has 0 N–H and O–H groups in total. The number of esters is 1. The molecule has 0 atom stereocenters. The number of ether oxygens (including phenoxy) is 1. The number of carbonyl (C=O) groups excluding carboxylic acids is 1. The van der Waals surface area contributed by atoms with Gasteiger partial charge in [0.2, 0.25) is 0 Å². The number of halogens is 1. The van der Waals surface area contributed by atoms with Crippen molar-refractivity contribution in [1.29, 1.82) is 0 Å². The first-order valence-electron chi connectivity index (χ1n) is 5.53. The quantitative estimate of drug-likeness (QED) is 0.798. The van der Waals surface area contributed by atoms with E-state index in [-0.39, 0.29) is 6.61 Å². The Morgan fingerprint density at radius 1 is 1.44 bits per heavy atom. The van der Waals surface area contributed by atoms with Gasteiger partial charge in [0.05, 0.1) is 6.61 Å². The average Bonchev–Trinajstić information content (AvgIpc) is 2.72. The summed E-state index contributed by atoms with van der Waals surface area (Å²) in [6.45, 7) is 3.79. The van der Waals surface area contributed by atoms with Crippen LogP contribution in [0.4, 0.5) is 4.39 Å². The molecule has 1 heterocycles. The van der Waals surface area contributed by atoms with Gasteiger partial charge >= 0.3 is 5.97 Å². The molecule has 94 valence electrons. The average molecular weight is 265 g/mol. The lowest BCUT2D eigenvalue weighted by Crippen LogP contribution is -2.06. The van der Waals surface area contributed by atoms with Crippen LogP contribution in [0.5, 0.6) is 0 Å². The topological polar surface area (TPSA) is 39.2 Å². The van der Waals surface area contributed by atoms with E-state index < -0.39 is 11.8 Å². The van der Waals surface area contributed by atoms with Gasteiger partial charge in [0, 0.05) is 10.4 Å². The maximum atomic E-state index is 13.7. The standard InChI is InChI=1S/C13H12FNO2S/c1-3-17-13(16)11-8(2)18-15-12(11)9-6-4-5-7-10(9)14/h4-7H,3H2,1-2H3. The Morgan fingerprint density at radius 2 is 2.17 bits per heavy atom. The zero-order valence-corrected chi connectivity index (χ0v) is 10.9. The van der Waals surface area contributed by atoms with E-state index in [0.29, 0.717) is 16.8 Å². The molecule has 0 amide bonds. The fourth-order valence-electron chi connectivity index (χ4n) is 1.65. The highest BCUT2D eigenvalue weighted by Gasteiger charge is 2.22. The van der Waals surface area contributed by atoms with Crippen LogP contribution < -0.4 is 0 Å². The van der Waals surface area contributed by atoms with Crippen LogP contribution in [0.3, 0.4) is 0 Å². The van der Waals surface area contributed by atoms with Crippen LogP contribution >= 0.6 is 11.5 Å². The first-order valence-corrected chi connectivity index (χ1v) is 6.30. The molecule has 5 heteroatoms. The summed E-state index contributed by atoms with van der Waals surface area (Å²) in [7, 11) is 0. The first-order chi connectivity index (χ1) is 8.65. The van der Waals surface area contributed by atoms with E-state index in [4.69, 9.17) is 4.74 Å². The molecule has 0 spiro atoms. The third kappa shape index (κ3) is 2.26. The SMILES string of the molecule is CCOC(=O)c1c(-c2ccccc2F)nsc1C. The van der Waals surface area contributed by atoms with Gasteiger partial charge in [-0.15, -0.1) is 0 Å². The van der Waals surface area contributed by atoms with Gasteiger partial charge in [0.25, 0.3) is 0 Å². The van der Waals surface area contributed by atoms with Crippen molar-refractivity contribution in [3.63, 3.8) is 0 Å². The zero-order valence-electron chi connectivity index (χ0n) is 10.1. The van der Waals surface area contributed by atoms with Crippen LogP contribution in [-0.2, 0) is 4.74 Å². The Kier molecular flexibility index (Phi) is 3.72. The van der Waals surface area contributed by atoms with E-state index in [1.165, 1.54) is 17.6 Å². The molecule has 0 aliphatic heterocycles. The van der Waals surface area contributed by atoms with Gasteiger partial charge < -0.3 is 4.74 Å². The fraction of sp³-hybridized carbons (Fsp3) is 0.231. The number of carbonyl (C=O) groups is 1. The molecule has 0 aliphatic rings. The van der Waals surface area contributed by atoms with E-state index in [2.05, 4.69) is 4.37 Å². The molecule has 0 aliphatic carbocycles. The van der Waals surface area contributed by atoms with Crippen molar-refractivity contribution in [1.82, 2.24) is 4.37 Å². The molecule has 1 aromatic carbocycles. The summed E-state index contributed by atoms with van der Waals surface area (Å²) in [5.74, 6) is -0.852. The van der Waals surface area contributed by atoms with Crippen LogP contribution in [0.1, 0.15) is 22.2 Å². The van der Waals surface area contributed by atoms with Gasteiger partial charge in [-0.3, -0.25) is 0 Å². The summed E-state index contributed by atoms with van der Waals surface area (Å²) < 4.78 is 22.9. The molecule has 2 rings (SSSR count). The van der Waals surface area contributed by atoms with Crippen molar-refractivity contribution in [3.05, 3.63) is 40.5 Å². The maximum absolute atomic E-state index is 13.7. The van der Waals surface area contributed by atoms with Crippen molar-refractivity contribution < 1.29 is 13.9 Å². The van der Waals surface area contributed by atoms with Gasteiger partial charge in [-0.25, -0.2) is 9.18 Å². The van der Waals surface area contributed by atoms with Gasteiger partial charge in [-0.2, -0.15) is 4.37 Å². The van der Waals surface area contributed by atoms with E-state index in [0.717, 1.165) is 4.88 Å².